The molecule has 2 rings (SSSR count). The summed E-state index contributed by atoms with van der Waals surface area (Å²) in [5.74, 6) is 0.141. The van der Waals surface area contributed by atoms with Crippen molar-refractivity contribution in [3.05, 3.63) is 65.0 Å². The second kappa shape index (κ2) is 6.12. The van der Waals surface area contributed by atoms with E-state index in [1.807, 2.05) is 38.2 Å². The molecule has 100 valence electrons. The van der Waals surface area contributed by atoms with Gasteiger partial charge in [0.15, 0.2) is 12.4 Å². The van der Waals surface area contributed by atoms with Crippen LogP contribution in [0.5, 0.6) is 0 Å². The molecule has 2 aromatic rings. The highest BCUT2D eigenvalue weighted by Crippen LogP contribution is 2.14. The molecule has 1 aromatic heterocycles. The van der Waals surface area contributed by atoms with E-state index in [1.54, 1.807) is 22.9 Å². The molecule has 0 bridgehead atoms. The number of carbonyl (C=O) groups is 1. The molecule has 0 saturated carbocycles. The van der Waals surface area contributed by atoms with Gasteiger partial charge in [0, 0.05) is 12.5 Å². The molecule has 3 nitrogen and oxygen atoms in total. The fourth-order valence-electron chi connectivity index (χ4n) is 2.27. The maximum atomic E-state index is 12.2. The fraction of sp³-hybridized carbons (Fsp3) is 0.235. The zero-order chi connectivity index (χ0) is 14.5. The summed E-state index contributed by atoms with van der Waals surface area (Å²) >= 11 is 0. The maximum Gasteiger partial charge on any atom is 0.206 e. The summed E-state index contributed by atoms with van der Waals surface area (Å²) in [6.07, 6.45) is 3.94. The van der Waals surface area contributed by atoms with E-state index in [0.29, 0.717) is 18.5 Å². The van der Waals surface area contributed by atoms with Gasteiger partial charge in [0.25, 0.3) is 0 Å². The molecule has 0 radical (unpaired) electrons. The molecule has 0 aliphatic heterocycles. The lowest BCUT2D eigenvalue weighted by molar-refractivity contribution is -0.684. The van der Waals surface area contributed by atoms with Crippen LogP contribution in [0, 0.1) is 25.2 Å². The number of hydrogen-bond donors (Lipinski definition) is 0. The molecule has 0 fully saturated rings. The third kappa shape index (κ3) is 3.30. The Morgan fingerprint density at radius 2 is 1.90 bits per heavy atom. The van der Waals surface area contributed by atoms with Gasteiger partial charge >= 0.3 is 0 Å². The molecule has 0 atom stereocenters. The number of aryl methyl sites for hydroxylation is 2. The SMILES string of the molecule is Cc1cccc(C)c1CC(=O)C[n+]1cccc(C#N)c1. The molecule has 3 heteroatoms. The highest BCUT2D eigenvalue weighted by Gasteiger charge is 2.13. The van der Waals surface area contributed by atoms with Crippen molar-refractivity contribution in [1.82, 2.24) is 0 Å². The Bertz CT molecular complexity index is 663. The smallest absolute Gasteiger partial charge is 0.206 e. The summed E-state index contributed by atoms with van der Waals surface area (Å²) in [6.45, 7) is 4.35. The quantitative estimate of drug-likeness (QED) is 0.796. The number of pyridine rings is 1. The van der Waals surface area contributed by atoms with Crippen LogP contribution < -0.4 is 4.57 Å². The van der Waals surface area contributed by atoms with Crippen LogP contribution in [0.4, 0.5) is 0 Å². The summed E-state index contributed by atoms with van der Waals surface area (Å²) in [5.41, 5.74) is 3.96. The minimum absolute atomic E-state index is 0.141. The first-order chi connectivity index (χ1) is 9.60. The number of ketones is 1. The third-order valence-electron chi connectivity index (χ3n) is 3.36. The normalized spacial score (nSPS) is 10.1. The van der Waals surface area contributed by atoms with Gasteiger partial charge in [-0.15, -0.1) is 0 Å². The number of nitrogens with zero attached hydrogens (tertiary/aromatic N) is 2. The summed E-state index contributed by atoms with van der Waals surface area (Å²) in [5, 5.41) is 8.86. The zero-order valence-corrected chi connectivity index (χ0v) is 11.8. The van der Waals surface area contributed by atoms with E-state index in [4.69, 9.17) is 5.26 Å². The number of nitriles is 1. The number of hydrogen-bond acceptors (Lipinski definition) is 2. The number of carbonyl (C=O) groups excluding carboxylic acids is 1. The van der Waals surface area contributed by atoms with Crippen LogP contribution in [0.25, 0.3) is 0 Å². The minimum atomic E-state index is 0.141. The molecule has 0 saturated heterocycles. The molecule has 0 N–H and O–H groups in total. The van der Waals surface area contributed by atoms with Crippen molar-refractivity contribution in [3.8, 4) is 6.07 Å². The van der Waals surface area contributed by atoms with Gasteiger partial charge in [-0.3, -0.25) is 4.79 Å². The average molecular weight is 265 g/mol. The van der Waals surface area contributed by atoms with Gasteiger partial charge in [-0.2, -0.15) is 9.83 Å². The van der Waals surface area contributed by atoms with Gasteiger partial charge in [-0.05, 0) is 36.6 Å². The second-order valence-corrected chi connectivity index (χ2v) is 4.96. The molecule has 0 spiro atoms. The molecule has 0 amide bonds. The lowest BCUT2D eigenvalue weighted by Crippen LogP contribution is -2.38. The Hall–Kier alpha value is -2.47. The van der Waals surface area contributed by atoms with Crippen LogP contribution in [-0.2, 0) is 17.8 Å². The highest BCUT2D eigenvalue weighted by molar-refractivity contribution is 5.80. The van der Waals surface area contributed by atoms with Crippen molar-refractivity contribution in [2.24, 2.45) is 0 Å². The van der Waals surface area contributed by atoms with Gasteiger partial charge in [-0.1, -0.05) is 18.2 Å². The molecule has 1 heterocycles. The predicted octanol–water partition coefficient (Wildman–Crippen LogP) is 2.27. The predicted molar refractivity (Wildman–Crippen MR) is 76.0 cm³/mol. The van der Waals surface area contributed by atoms with Crippen LogP contribution in [0.1, 0.15) is 22.3 Å². The van der Waals surface area contributed by atoms with Crippen LogP contribution >= 0.6 is 0 Å². The molecular weight excluding hydrogens is 248 g/mol. The number of Topliss-reactive ketones (excluding diaryl/α,β-unsaturated/α-hetero) is 1. The van der Waals surface area contributed by atoms with Gasteiger partial charge in [-0.25, -0.2) is 0 Å². The van der Waals surface area contributed by atoms with Crippen LogP contribution in [0.2, 0.25) is 0 Å². The van der Waals surface area contributed by atoms with Crippen LogP contribution in [-0.4, -0.2) is 5.78 Å². The van der Waals surface area contributed by atoms with E-state index in [9.17, 15) is 4.79 Å². The van der Waals surface area contributed by atoms with Crippen molar-refractivity contribution < 1.29 is 9.36 Å². The molecule has 1 aromatic carbocycles. The number of benzene rings is 1. The van der Waals surface area contributed by atoms with E-state index < -0.39 is 0 Å². The highest BCUT2D eigenvalue weighted by atomic mass is 16.1. The lowest BCUT2D eigenvalue weighted by atomic mass is 9.98. The Morgan fingerprint density at radius 1 is 1.20 bits per heavy atom. The van der Waals surface area contributed by atoms with E-state index in [-0.39, 0.29) is 5.78 Å². The van der Waals surface area contributed by atoms with Crippen LogP contribution in [0.15, 0.2) is 42.7 Å². The standard InChI is InChI=1S/C17H17N2O/c1-13-5-3-6-14(2)17(13)9-16(20)12-19-8-4-7-15(10-18)11-19/h3-8,11H,9,12H2,1-2H3/q+1. The molecule has 0 aliphatic rings. The summed E-state index contributed by atoms with van der Waals surface area (Å²) in [7, 11) is 0. The molecule has 0 aliphatic carbocycles. The Kier molecular flexibility index (Phi) is 4.27. The van der Waals surface area contributed by atoms with Crippen molar-refractivity contribution >= 4 is 5.78 Å². The molecular formula is C17H17N2O+. The minimum Gasteiger partial charge on any atom is -0.292 e. The summed E-state index contributed by atoms with van der Waals surface area (Å²) < 4.78 is 1.76. The Morgan fingerprint density at radius 3 is 2.55 bits per heavy atom. The summed E-state index contributed by atoms with van der Waals surface area (Å²) in [4.78, 5) is 12.2. The van der Waals surface area contributed by atoms with E-state index in [2.05, 4.69) is 6.07 Å². The largest absolute Gasteiger partial charge is 0.292 e. The Labute approximate surface area is 119 Å². The van der Waals surface area contributed by atoms with Gasteiger partial charge in [0.2, 0.25) is 12.3 Å². The van der Waals surface area contributed by atoms with Gasteiger partial charge < -0.3 is 0 Å². The third-order valence-corrected chi connectivity index (χ3v) is 3.36. The van der Waals surface area contributed by atoms with Gasteiger partial charge in [0.05, 0.1) is 0 Å². The van der Waals surface area contributed by atoms with Gasteiger partial charge in [0.1, 0.15) is 11.6 Å². The first kappa shape index (κ1) is 14.0. The topological polar surface area (TPSA) is 44.7 Å². The van der Waals surface area contributed by atoms with E-state index in [1.165, 1.54) is 0 Å². The molecule has 20 heavy (non-hydrogen) atoms. The Balaban J connectivity index is 2.11. The average Bonchev–Trinajstić information content (AvgIpc) is 2.43. The fourth-order valence-corrected chi connectivity index (χ4v) is 2.27. The first-order valence-corrected chi connectivity index (χ1v) is 6.56. The second-order valence-electron chi connectivity index (χ2n) is 4.96. The monoisotopic (exact) mass is 265 g/mol. The van der Waals surface area contributed by atoms with E-state index >= 15 is 0 Å². The molecule has 0 unspecified atom stereocenters. The number of aromatic nitrogens is 1. The van der Waals surface area contributed by atoms with Crippen molar-refractivity contribution in [1.29, 1.82) is 5.26 Å². The van der Waals surface area contributed by atoms with E-state index in [0.717, 1.165) is 16.7 Å². The first-order valence-electron chi connectivity index (χ1n) is 6.56. The van der Waals surface area contributed by atoms with Crippen molar-refractivity contribution in [2.45, 2.75) is 26.8 Å². The lowest BCUT2D eigenvalue weighted by Gasteiger charge is -2.07. The number of rotatable bonds is 4. The van der Waals surface area contributed by atoms with Crippen molar-refractivity contribution in [3.63, 3.8) is 0 Å². The summed E-state index contributed by atoms with van der Waals surface area (Å²) in [6, 6.07) is 11.6. The maximum absolute atomic E-state index is 12.2. The van der Waals surface area contributed by atoms with Crippen molar-refractivity contribution in [2.75, 3.05) is 0 Å². The zero-order valence-electron chi connectivity index (χ0n) is 11.8. The van der Waals surface area contributed by atoms with Crippen LogP contribution in [0.3, 0.4) is 0 Å².